The van der Waals surface area contributed by atoms with E-state index in [9.17, 15) is 9.59 Å². The van der Waals surface area contributed by atoms with Gasteiger partial charge < -0.3 is 15.2 Å². The van der Waals surface area contributed by atoms with Crippen LogP contribution in [0, 0.1) is 6.92 Å². The van der Waals surface area contributed by atoms with Crippen LogP contribution in [0.4, 0.5) is 0 Å². The van der Waals surface area contributed by atoms with Crippen molar-refractivity contribution in [3.63, 3.8) is 0 Å². The van der Waals surface area contributed by atoms with Crippen molar-refractivity contribution in [3.8, 4) is 0 Å². The second-order valence-electron chi connectivity index (χ2n) is 7.02. The van der Waals surface area contributed by atoms with Gasteiger partial charge in [-0.25, -0.2) is 0 Å². The minimum Gasteiger partial charge on any atom is -0.368 e. The van der Waals surface area contributed by atoms with E-state index in [1.165, 1.54) is 0 Å². The molecule has 0 saturated carbocycles. The van der Waals surface area contributed by atoms with Crippen molar-refractivity contribution >= 4 is 34.3 Å². The standard InChI is InChI=1S/C21H20ClN3O2/c1-12-16-10-15(22)7-8-17(16)24(2)19(12)21(27)25-11-14-6-4-3-5-13(14)9-18(25)20(23)26/h3-8,10,18H,9,11H2,1-2H3,(H2,23,26)/t18-/m1/s1. The molecule has 4 rings (SSSR count). The lowest BCUT2D eigenvalue weighted by Gasteiger charge is -2.35. The first-order valence-corrected chi connectivity index (χ1v) is 9.18. The number of fused-ring (bicyclic) bond motifs is 2. The Labute approximate surface area is 162 Å². The van der Waals surface area contributed by atoms with E-state index in [0.29, 0.717) is 23.7 Å². The Balaban J connectivity index is 1.82. The van der Waals surface area contributed by atoms with Gasteiger partial charge in [-0.05, 0) is 41.8 Å². The number of primary amides is 1. The number of hydrogen-bond donors (Lipinski definition) is 1. The van der Waals surface area contributed by atoms with Gasteiger partial charge in [0.2, 0.25) is 5.91 Å². The van der Waals surface area contributed by atoms with Crippen molar-refractivity contribution in [1.29, 1.82) is 0 Å². The number of nitrogens with two attached hydrogens (primary N) is 1. The summed E-state index contributed by atoms with van der Waals surface area (Å²) in [5.74, 6) is -0.682. The molecule has 2 heterocycles. The predicted octanol–water partition coefficient (Wildman–Crippen LogP) is 3.19. The van der Waals surface area contributed by atoms with E-state index in [-0.39, 0.29) is 5.91 Å². The molecule has 0 saturated heterocycles. The van der Waals surface area contributed by atoms with E-state index >= 15 is 0 Å². The van der Waals surface area contributed by atoms with Gasteiger partial charge in [0.25, 0.3) is 5.91 Å². The van der Waals surface area contributed by atoms with E-state index in [1.807, 2.05) is 54.9 Å². The first-order valence-electron chi connectivity index (χ1n) is 8.80. The number of carbonyl (C=O) groups is 2. The number of amides is 2. The molecule has 3 aromatic rings. The van der Waals surface area contributed by atoms with E-state index in [0.717, 1.165) is 27.6 Å². The summed E-state index contributed by atoms with van der Waals surface area (Å²) in [5.41, 5.74) is 10.1. The van der Waals surface area contributed by atoms with Crippen LogP contribution in [0.5, 0.6) is 0 Å². The average Bonchev–Trinajstić information content (AvgIpc) is 2.90. The van der Waals surface area contributed by atoms with Crippen LogP contribution in [0.2, 0.25) is 5.02 Å². The molecule has 0 radical (unpaired) electrons. The maximum absolute atomic E-state index is 13.5. The van der Waals surface area contributed by atoms with Crippen molar-refractivity contribution in [2.75, 3.05) is 0 Å². The van der Waals surface area contributed by atoms with Crippen molar-refractivity contribution in [1.82, 2.24) is 9.47 Å². The monoisotopic (exact) mass is 381 g/mol. The minimum absolute atomic E-state index is 0.194. The molecule has 0 bridgehead atoms. The third kappa shape index (κ3) is 2.79. The summed E-state index contributed by atoms with van der Waals surface area (Å²) in [7, 11) is 1.85. The van der Waals surface area contributed by atoms with Gasteiger partial charge in [0.1, 0.15) is 11.7 Å². The fraction of sp³-hybridized carbons (Fsp3) is 0.238. The molecule has 6 heteroatoms. The molecular formula is C21H20ClN3O2. The SMILES string of the molecule is Cc1c(C(=O)N2Cc3ccccc3C[C@@H]2C(N)=O)n(C)c2ccc(Cl)cc12. The maximum Gasteiger partial charge on any atom is 0.271 e. The van der Waals surface area contributed by atoms with E-state index in [1.54, 1.807) is 11.0 Å². The molecule has 1 aliphatic heterocycles. The first-order chi connectivity index (χ1) is 12.9. The summed E-state index contributed by atoms with van der Waals surface area (Å²) < 4.78 is 1.86. The van der Waals surface area contributed by atoms with Gasteiger partial charge in [-0.3, -0.25) is 9.59 Å². The van der Waals surface area contributed by atoms with Crippen LogP contribution < -0.4 is 5.73 Å². The zero-order valence-electron chi connectivity index (χ0n) is 15.2. The average molecular weight is 382 g/mol. The lowest BCUT2D eigenvalue weighted by atomic mass is 9.93. The van der Waals surface area contributed by atoms with E-state index < -0.39 is 11.9 Å². The number of aromatic nitrogens is 1. The van der Waals surface area contributed by atoms with Crippen molar-refractivity contribution < 1.29 is 9.59 Å². The van der Waals surface area contributed by atoms with Crippen LogP contribution in [-0.2, 0) is 24.8 Å². The second-order valence-corrected chi connectivity index (χ2v) is 7.45. The number of rotatable bonds is 2. The highest BCUT2D eigenvalue weighted by atomic mass is 35.5. The van der Waals surface area contributed by atoms with E-state index in [2.05, 4.69) is 0 Å². The fourth-order valence-corrected chi connectivity index (χ4v) is 4.20. The molecule has 1 aromatic heterocycles. The third-order valence-corrected chi connectivity index (χ3v) is 5.69. The number of hydrogen-bond acceptors (Lipinski definition) is 2. The molecule has 2 aromatic carbocycles. The molecule has 0 fully saturated rings. The molecular weight excluding hydrogens is 362 g/mol. The smallest absolute Gasteiger partial charge is 0.271 e. The highest BCUT2D eigenvalue weighted by Crippen LogP contribution is 2.31. The lowest BCUT2D eigenvalue weighted by Crippen LogP contribution is -2.51. The quantitative estimate of drug-likeness (QED) is 0.740. The van der Waals surface area contributed by atoms with Crippen molar-refractivity contribution in [2.45, 2.75) is 25.9 Å². The fourth-order valence-electron chi connectivity index (χ4n) is 4.03. The number of carbonyl (C=O) groups excluding carboxylic acids is 2. The first kappa shape index (κ1) is 17.6. The van der Waals surface area contributed by atoms with E-state index in [4.69, 9.17) is 17.3 Å². The number of nitrogens with zero attached hydrogens (tertiary/aromatic N) is 2. The summed E-state index contributed by atoms with van der Waals surface area (Å²) in [6.07, 6.45) is 0.437. The summed E-state index contributed by atoms with van der Waals surface area (Å²) in [5, 5.41) is 1.55. The Morgan fingerprint density at radius 1 is 1.15 bits per heavy atom. The molecule has 27 heavy (non-hydrogen) atoms. The number of halogens is 1. The van der Waals surface area contributed by atoms with Crippen LogP contribution in [0.25, 0.3) is 10.9 Å². The van der Waals surface area contributed by atoms with Gasteiger partial charge in [-0.2, -0.15) is 0 Å². The topological polar surface area (TPSA) is 68.3 Å². The molecule has 0 spiro atoms. The summed E-state index contributed by atoms with van der Waals surface area (Å²) in [4.78, 5) is 27.2. The van der Waals surface area contributed by atoms with Crippen LogP contribution in [0.1, 0.15) is 27.2 Å². The molecule has 2 amide bonds. The van der Waals surface area contributed by atoms with Gasteiger partial charge in [0, 0.05) is 35.9 Å². The maximum atomic E-state index is 13.5. The summed E-state index contributed by atoms with van der Waals surface area (Å²) in [6.45, 7) is 2.27. The van der Waals surface area contributed by atoms with Crippen molar-refractivity contribution in [2.24, 2.45) is 12.8 Å². The Kier molecular flexibility index (Phi) is 4.19. The molecule has 2 N–H and O–H groups in total. The Hall–Kier alpha value is -2.79. The molecule has 0 aliphatic carbocycles. The zero-order valence-corrected chi connectivity index (χ0v) is 16.0. The highest BCUT2D eigenvalue weighted by molar-refractivity contribution is 6.31. The lowest BCUT2D eigenvalue weighted by molar-refractivity contribution is -0.122. The molecule has 1 atom stereocenters. The van der Waals surface area contributed by atoms with Crippen LogP contribution >= 0.6 is 11.6 Å². The molecule has 1 aliphatic rings. The minimum atomic E-state index is -0.659. The Morgan fingerprint density at radius 2 is 1.85 bits per heavy atom. The number of benzene rings is 2. The molecule has 138 valence electrons. The summed E-state index contributed by atoms with van der Waals surface area (Å²) >= 11 is 6.14. The Morgan fingerprint density at radius 3 is 2.56 bits per heavy atom. The van der Waals surface area contributed by atoms with Crippen LogP contribution in [0.15, 0.2) is 42.5 Å². The van der Waals surface area contributed by atoms with Crippen molar-refractivity contribution in [3.05, 3.63) is 69.9 Å². The highest BCUT2D eigenvalue weighted by Gasteiger charge is 2.35. The normalized spacial score (nSPS) is 16.4. The van der Waals surface area contributed by atoms with Gasteiger partial charge in [-0.15, -0.1) is 0 Å². The second kappa shape index (κ2) is 6.43. The van der Waals surface area contributed by atoms with Gasteiger partial charge in [0.15, 0.2) is 0 Å². The predicted molar refractivity (Wildman–Crippen MR) is 106 cm³/mol. The summed E-state index contributed by atoms with van der Waals surface area (Å²) in [6, 6.07) is 12.8. The number of aryl methyl sites for hydroxylation is 2. The van der Waals surface area contributed by atoms with Gasteiger partial charge in [-0.1, -0.05) is 35.9 Å². The molecule has 5 nitrogen and oxygen atoms in total. The Bertz CT molecular complexity index is 1090. The van der Waals surface area contributed by atoms with Gasteiger partial charge >= 0.3 is 0 Å². The van der Waals surface area contributed by atoms with Crippen LogP contribution in [0.3, 0.4) is 0 Å². The van der Waals surface area contributed by atoms with Crippen LogP contribution in [-0.4, -0.2) is 27.3 Å². The van der Waals surface area contributed by atoms with Gasteiger partial charge in [0.05, 0.1) is 0 Å². The largest absolute Gasteiger partial charge is 0.368 e. The zero-order chi connectivity index (χ0) is 19.3. The molecule has 0 unspecified atom stereocenters. The third-order valence-electron chi connectivity index (χ3n) is 5.45.